The van der Waals surface area contributed by atoms with Crippen molar-refractivity contribution >= 4 is 23.0 Å². The Hall–Kier alpha value is -2.48. The summed E-state index contributed by atoms with van der Waals surface area (Å²) in [6, 6.07) is 1.87. The predicted molar refractivity (Wildman–Crippen MR) is 95.8 cm³/mol. The van der Waals surface area contributed by atoms with Gasteiger partial charge in [0, 0.05) is 24.7 Å². The smallest absolute Gasteiger partial charge is 0.306 e. The standard InChI is InChI=1S/C19H23N3O5/c1-10(2)17-16-13(8-14(11-3-4-11)20-18(16)27-21-17)19(25)22-5-6-26-12(9-22)7-15(23)24/h8,10-12H,3-7,9H2,1-2H3,(H,23,24). The van der Waals surface area contributed by atoms with Crippen LogP contribution in [0.4, 0.5) is 0 Å². The fourth-order valence-electron chi connectivity index (χ4n) is 3.54. The second-order valence-corrected chi connectivity index (χ2v) is 7.61. The van der Waals surface area contributed by atoms with Crippen molar-refractivity contribution in [2.24, 2.45) is 0 Å². The number of pyridine rings is 1. The van der Waals surface area contributed by atoms with Crippen molar-refractivity contribution in [1.29, 1.82) is 0 Å². The van der Waals surface area contributed by atoms with Crippen molar-refractivity contribution in [2.45, 2.75) is 51.0 Å². The molecular weight excluding hydrogens is 350 g/mol. The first-order valence-electron chi connectivity index (χ1n) is 9.37. The van der Waals surface area contributed by atoms with Gasteiger partial charge in [0.1, 0.15) is 0 Å². The third-order valence-electron chi connectivity index (χ3n) is 5.09. The number of nitrogens with zero attached hydrogens (tertiary/aromatic N) is 3. The van der Waals surface area contributed by atoms with E-state index in [1.807, 2.05) is 19.9 Å². The number of hydrogen-bond acceptors (Lipinski definition) is 6. The van der Waals surface area contributed by atoms with Crippen LogP contribution in [0.2, 0.25) is 0 Å². The Morgan fingerprint density at radius 2 is 2.15 bits per heavy atom. The molecular formula is C19H23N3O5. The Morgan fingerprint density at radius 1 is 1.37 bits per heavy atom. The number of carbonyl (C=O) groups excluding carboxylic acids is 1. The number of carboxylic acids is 1. The number of hydrogen-bond donors (Lipinski definition) is 1. The fourth-order valence-corrected chi connectivity index (χ4v) is 3.54. The summed E-state index contributed by atoms with van der Waals surface area (Å²) in [6.45, 7) is 5.01. The van der Waals surface area contributed by atoms with E-state index in [0.717, 1.165) is 24.2 Å². The van der Waals surface area contributed by atoms with Gasteiger partial charge >= 0.3 is 5.97 Å². The number of fused-ring (bicyclic) bond motifs is 1. The number of aromatic nitrogens is 2. The lowest BCUT2D eigenvalue weighted by molar-refractivity contribution is -0.141. The molecule has 1 saturated heterocycles. The molecule has 8 nitrogen and oxygen atoms in total. The first-order valence-corrected chi connectivity index (χ1v) is 9.37. The molecule has 0 spiro atoms. The van der Waals surface area contributed by atoms with Crippen LogP contribution in [0.25, 0.3) is 11.1 Å². The van der Waals surface area contributed by atoms with Gasteiger partial charge in [0.15, 0.2) is 0 Å². The average molecular weight is 373 g/mol. The van der Waals surface area contributed by atoms with Crippen LogP contribution < -0.4 is 0 Å². The molecule has 1 aliphatic heterocycles. The second kappa shape index (κ2) is 6.92. The molecule has 2 aliphatic rings. The van der Waals surface area contributed by atoms with Crippen molar-refractivity contribution in [3.63, 3.8) is 0 Å². The summed E-state index contributed by atoms with van der Waals surface area (Å²) < 4.78 is 10.9. The van der Waals surface area contributed by atoms with Crippen LogP contribution in [0.1, 0.15) is 66.7 Å². The lowest BCUT2D eigenvalue weighted by Crippen LogP contribution is -2.46. The molecule has 1 saturated carbocycles. The molecule has 1 atom stereocenters. The minimum atomic E-state index is -0.933. The van der Waals surface area contributed by atoms with Gasteiger partial charge in [-0.3, -0.25) is 9.59 Å². The Labute approximate surface area is 156 Å². The summed E-state index contributed by atoms with van der Waals surface area (Å²) >= 11 is 0. The molecule has 1 unspecified atom stereocenters. The number of carbonyl (C=O) groups is 2. The molecule has 2 fully saturated rings. The lowest BCUT2D eigenvalue weighted by Gasteiger charge is -2.32. The van der Waals surface area contributed by atoms with E-state index in [4.69, 9.17) is 14.4 Å². The number of ether oxygens (including phenoxy) is 1. The Kier molecular flexibility index (Phi) is 4.59. The highest BCUT2D eigenvalue weighted by atomic mass is 16.5. The summed E-state index contributed by atoms with van der Waals surface area (Å²) in [4.78, 5) is 30.6. The van der Waals surface area contributed by atoms with E-state index in [9.17, 15) is 9.59 Å². The summed E-state index contributed by atoms with van der Waals surface area (Å²) in [6.07, 6.45) is 1.52. The summed E-state index contributed by atoms with van der Waals surface area (Å²) in [5, 5.41) is 13.8. The Balaban J connectivity index is 1.71. The maximum atomic E-state index is 13.3. The van der Waals surface area contributed by atoms with Gasteiger partial charge in [-0.1, -0.05) is 19.0 Å². The second-order valence-electron chi connectivity index (χ2n) is 7.61. The first kappa shape index (κ1) is 17.9. The molecule has 0 aromatic carbocycles. The zero-order valence-electron chi connectivity index (χ0n) is 15.5. The number of aliphatic carboxylic acids is 1. The molecule has 27 heavy (non-hydrogen) atoms. The number of carboxylic acid groups (broad SMARTS) is 1. The number of amides is 1. The van der Waals surface area contributed by atoms with E-state index in [-0.39, 0.29) is 24.8 Å². The van der Waals surface area contributed by atoms with Crippen molar-refractivity contribution in [3.05, 3.63) is 23.0 Å². The van der Waals surface area contributed by atoms with Gasteiger partial charge in [-0.2, -0.15) is 0 Å². The molecule has 144 valence electrons. The predicted octanol–water partition coefficient (Wildman–Crippen LogP) is 2.54. The molecule has 3 heterocycles. The quantitative estimate of drug-likeness (QED) is 0.858. The van der Waals surface area contributed by atoms with Crippen LogP contribution in [-0.4, -0.2) is 57.8 Å². The van der Waals surface area contributed by atoms with Crippen molar-refractivity contribution in [3.8, 4) is 0 Å². The van der Waals surface area contributed by atoms with Gasteiger partial charge in [0.2, 0.25) is 0 Å². The first-order chi connectivity index (χ1) is 12.9. The topological polar surface area (TPSA) is 106 Å². The molecule has 4 rings (SSSR count). The molecule has 8 heteroatoms. The van der Waals surface area contributed by atoms with Crippen LogP contribution in [0, 0.1) is 0 Å². The van der Waals surface area contributed by atoms with Gasteiger partial charge in [0.05, 0.1) is 35.8 Å². The SMILES string of the molecule is CC(C)c1noc2nc(C3CC3)cc(C(=O)N3CCOC(CC(=O)O)C3)c12. The normalized spacial score (nSPS) is 20.4. The van der Waals surface area contributed by atoms with Crippen molar-refractivity contribution < 1.29 is 24.0 Å². The van der Waals surface area contributed by atoms with Crippen LogP contribution in [0.5, 0.6) is 0 Å². The number of morpholine rings is 1. The third-order valence-corrected chi connectivity index (χ3v) is 5.09. The minimum absolute atomic E-state index is 0.0934. The molecule has 1 amide bonds. The lowest BCUT2D eigenvalue weighted by atomic mass is 10.0. The van der Waals surface area contributed by atoms with E-state index in [0.29, 0.717) is 35.7 Å². The van der Waals surface area contributed by atoms with E-state index >= 15 is 0 Å². The average Bonchev–Trinajstić information content (AvgIpc) is 3.38. The molecule has 1 aliphatic carbocycles. The summed E-state index contributed by atoms with van der Waals surface area (Å²) in [7, 11) is 0. The highest BCUT2D eigenvalue weighted by molar-refractivity contribution is 6.06. The minimum Gasteiger partial charge on any atom is -0.481 e. The van der Waals surface area contributed by atoms with Gasteiger partial charge in [-0.25, -0.2) is 4.98 Å². The maximum Gasteiger partial charge on any atom is 0.306 e. The highest BCUT2D eigenvalue weighted by Crippen LogP contribution is 2.41. The van der Waals surface area contributed by atoms with Crippen molar-refractivity contribution in [2.75, 3.05) is 19.7 Å². The van der Waals surface area contributed by atoms with Crippen LogP contribution in [0.3, 0.4) is 0 Å². The maximum absolute atomic E-state index is 13.3. The van der Waals surface area contributed by atoms with E-state index < -0.39 is 12.1 Å². The van der Waals surface area contributed by atoms with Crippen LogP contribution >= 0.6 is 0 Å². The summed E-state index contributed by atoms with van der Waals surface area (Å²) in [5.74, 6) is -0.611. The van der Waals surface area contributed by atoms with Crippen LogP contribution in [-0.2, 0) is 9.53 Å². The largest absolute Gasteiger partial charge is 0.481 e. The van der Waals surface area contributed by atoms with Gasteiger partial charge < -0.3 is 19.3 Å². The Morgan fingerprint density at radius 3 is 2.81 bits per heavy atom. The molecule has 1 N–H and O–H groups in total. The number of rotatable bonds is 5. The Bertz CT molecular complexity index is 887. The molecule has 0 radical (unpaired) electrons. The zero-order chi connectivity index (χ0) is 19.1. The van der Waals surface area contributed by atoms with Crippen LogP contribution in [0.15, 0.2) is 10.6 Å². The summed E-state index contributed by atoms with van der Waals surface area (Å²) in [5.41, 5.74) is 2.54. The molecule has 0 bridgehead atoms. The molecule has 2 aromatic heterocycles. The highest BCUT2D eigenvalue weighted by Gasteiger charge is 2.32. The molecule has 2 aromatic rings. The monoisotopic (exact) mass is 373 g/mol. The van der Waals surface area contributed by atoms with Gasteiger partial charge in [0.25, 0.3) is 11.6 Å². The fraction of sp³-hybridized carbons (Fsp3) is 0.579. The van der Waals surface area contributed by atoms with Gasteiger partial charge in [-0.15, -0.1) is 0 Å². The van der Waals surface area contributed by atoms with E-state index in [1.54, 1.807) is 4.90 Å². The van der Waals surface area contributed by atoms with Crippen molar-refractivity contribution in [1.82, 2.24) is 15.0 Å². The van der Waals surface area contributed by atoms with E-state index in [1.165, 1.54) is 0 Å². The third kappa shape index (κ3) is 3.53. The zero-order valence-corrected chi connectivity index (χ0v) is 15.5. The van der Waals surface area contributed by atoms with Gasteiger partial charge in [-0.05, 0) is 24.8 Å². The van der Waals surface area contributed by atoms with E-state index in [2.05, 4.69) is 10.1 Å².